The molecule has 0 aliphatic heterocycles. The van der Waals surface area contributed by atoms with Gasteiger partial charge in [0, 0.05) is 23.3 Å². The number of benzene rings is 1. The molecule has 0 bridgehead atoms. The smallest absolute Gasteiger partial charge is 0.309 e. The molecule has 124 valence electrons. The first kappa shape index (κ1) is 17.9. The fourth-order valence-electron chi connectivity index (χ4n) is 3.08. The third kappa shape index (κ3) is 4.29. The van der Waals surface area contributed by atoms with Crippen LogP contribution >= 0.6 is 11.8 Å². The molecule has 0 atom stereocenters. The van der Waals surface area contributed by atoms with Crippen molar-refractivity contribution in [2.45, 2.75) is 62.5 Å². The molecular weight excluding hydrogens is 306 g/mol. The molecule has 0 amide bonds. The number of carbonyl (C=O) groups excluding carboxylic acids is 1. The molecular formula is C19H25NO2S. The van der Waals surface area contributed by atoms with Crippen molar-refractivity contribution >= 4 is 17.7 Å². The van der Waals surface area contributed by atoms with E-state index in [1.807, 2.05) is 27.0 Å². The van der Waals surface area contributed by atoms with Crippen molar-refractivity contribution in [3.8, 4) is 0 Å². The number of hydrogen-bond acceptors (Lipinski definition) is 3. The Morgan fingerprint density at radius 1 is 1.26 bits per heavy atom. The van der Waals surface area contributed by atoms with Crippen LogP contribution in [0.2, 0.25) is 0 Å². The molecule has 1 aromatic carbocycles. The summed E-state index contributed by atoms with van der Waals surface area (Å²) in [4.78, 5) is 17.4. The van der Waals surface area contributed by atoms with Gasteiger partial charge in [0.15, 0.2) is 0 Å². The first-order valence-electron chi connectivity index (χ1n) is 8.06. The van der Waals surface area contributed by atoms with E-state index in [1.54, 1.807) is 11.8 Å². The molecule has 0 aromatic heterocycles. The van der Waals surface area contributed by atoms with Crippen LogP contribution in [0, 0.1) is 12.5 Å². The molecule has 4 heteroatoms. The average molecular weight is 331 g/mol. The summed E-state index contributed by atoms with van der Waals surface area (Å²) in [6.45, 7) is 13.4. The van der Waals surface area contributed by atoms with E-state index < -0.39 is 11.1 Å². The van der Waals surface area contributed by atoms with Crippen molar-refractivity contribution in [3.63, 3.8) is 0 Å². The maximum Gasteiger partial charge on any atom is 0.309 e. The number of thioether (sulfide) groups is 1. The molecule has 1 saturated carbocycles. The van der Waals surface area contributed by atoms with Crippen molar-refractivity contribution in [1.82, 2.24) is 0 Å². The van der Waals surface area contributed by atoms with E-state index in [2.05, 4.69) is 29.1 Å². The number of rotatable bonds is 3. The number of ether oxygens (including phenoxy) is 1. The number of esters is 1. The fraction of sp³-hybridized carbons (Fsp3) is 0.579. The second-order valence-electron chi connectivity index (χ2n) is 7.18. The summed E-state index contributed by atoms with van der Waals surface area (Å²) >= 11 is 1.70. The molecule has 0 spiro atoms. The molecule has 3 nitrogen and oxygen atoms in total. The van der Waals surface area contributed by atoms with Gasteiger partial charge in [-0.2, -0.15) is 0 Å². The lowest BCUT2D eigenvalue weighted by Gasteiger charge is -2.32. The lowest BCUT2D eigenvalue weighted by molar-refractivity contribution is -0.161. The number of nitrogens with zero attached hydrogens (tertiary/aromatic N) is 1. The van der Waals surface area contributed by atoms with Gasteiger partial charge in [0.1, 0.15) is 5.60 Å². The van der Waals surface area contributed by atoms with Crippen LogP contribution in [-0.4, -0.2) is 17.8 Å². The number of carbonyl (C=O) groups is 1. The average Bonchev–Trinajstić information content (AvgIpc) is 2.53. The molecule has 0 radical (unpaired) electrons. The highest BCUT2D eigenvalue weighted by Crippen LogP contribution is 2.43. The first-order chi connectivity index (χ1) is 10.8. The Hall–Kier alpha value is -1.47. The molecule has 1 aromatic rings. The first-order valence-corrected chi connectivity index (χ1v) is 9.28. The normalized spacial score (nSPS) is 24.7. The molecule has 0 unspecified atom stereocenters. The second-order valence-corrected chi connectivity index (χ2v) is 8.06. The van der Waals surface area contributed by atoms with E-state index in [0.717, 1.165) is 31.2 Å². The molecule has 0 saturated heterocycles. The molecule has 1 aliphatic rings. The Morgan fingerprint density at radius 3 is 2.26 bits per heavy atom. The summed E-state index contributed by atoms with van der Waals surface area (Å²) in [5.74, 6) is -0.191. The van der Waals surface area contributed by atoms with E-state index in [9.17, 15) is 4.79 Å². The Kier molecular flexibility index (Phi) is 5.41. The third-order valence-corrected chi connectivity index (χ3v) is 5.14. The van der Waals surface area contributed by atoms with Gasteiger partial charge < -0.3 is 9.58 Å². The van der Waals surface area contributed by atoms with E-state index in [1.165, 1.54) is 4.90 Å². The monoisotopic (exact) mass is 331 g/mol. The highest BCUT2D eigenvalue weighted by Gasteiger charge is 2.45. The zero-order chi connectivity index (χ0) is 17.1. The molecule has 2 rings (SSSR count). The minimum atomic E-state index is -0.477. The van der Waals surface area contributed by atoms with Crippen LogP contribution in [0.5, 0.6) is 0 Å². The van der Waals surface area contributed by atoms with Gasteiger partial charge in [-0.1, -0.05) is 0 Å². The largest absolute Gasteiger partial charge is 0.460 e. The van der Waals surface area contributed by atoms with E-state index in [-0.39, 0.29) is 11.9 Å². The van der Waals surface area contributed by atoms with Gasteiger partial charge in [0.2, 0.25) is 0 Å². The van der Waals surface area contributed by atoms with Crippen molar-refractivity contribution in [1.29, 1.82) is 0 Å². The van der Waals surface area contributed by atoms with Crippen LogP contribution in [0.15, 0.2) is 29.2 Å². The van der Waals surface area contributed by atoms with Crippen LogP contribution in [-0.2, 0) is 15.1 Å². The van der Waals surface area contributed by atoms with Crippen LogP contribution in [0.25, 0.3) is 4.85 Å². The maximum absolute atomic E-state index is 12.2. The summed E-state index contributed by atoms with van der Waals surface area (Å²) in [6, 6.07) is 8.29. The molecule has 0 N–H and O–H groups in total. The van der Waals surface area contributed by atoms with Gasteiger partial charge in [0.25, 0.3) is 5.54 Å². The van der Waals surface area contributed by atoms with Gasteiger partial charge in [-0.25, -0.2) is 6.57 Å². The van der Waals surface area contributed by atoms with Crippen molar-refractivity contribution in [3.05, 3.63) is 41.2 Å². The predicted molar refractivity (Wildman–Crippen MR) is 94.3 cm³/mol. The summed E-state index contributed by atoms with van der Waals surface area (Å²) in [5.41, 5.74) is 0.155. The van der Waals surface area contributed by atoms with Crippen LogP contribution < -0.4 is 0 Å². The van der Waals surface area contributed by atoms with Crippen molar-refractivity contribution < 1.29 is 9.53 Å². The summed E-state index contributed by atoms with van der Waals surface area (Å²) in [5, 5.41) is 0. The Morgan fingerprint density at radius 2 is 1.83 bits per heavy atom. The Balaban J connectivity index is 2.07. The molecule has 0 heterocycles. The van der Waals surface area contributed by atoms with E-state index in [0.29, 0.717) is 0 Å². The van der Waals surface area contributed by atoms with Crippen LogP contribution in [0.1, 0.15) is 52.0 Å². The van der Waals surface area contributed by atoms with Gasteiger partial charge >= 0.3 is 5.97 Å². The second kappa shape index (κ2) is 6.97. The minimum Gasteiger partial charge on any atom is -0.460 e. The van der Waals surface area contributed by atoms with Gasteiger partial charge in [-0.15, -0.1) is 11.8 Å². The standard InChI is InChI=1S/C19H25NO2S/c1-18(2,3)22-17(21)14-10-12-19(20-4,13-11-14)15-6-8-16(23-5)9-7-15/h6-9,14H,10-13H2,1-3,5H3. The Labute approximate surface area is 143 Å². The fourth-order valence-corrected chi connectivity index (χ4v) is 3.49. The van der Waals surface area contributed by atoms with Crippen molar-refractivity contribution in [2.75, 3.05) is 6.26 Å². The van der Waals surface area contributed by atoms with Crippen LogP contribution in [0.4, 0.5) is 0 Å². The molecule has 1 aliphatic carbocycles. The zero-order valence-corrected chi connectivity index (χ0v) is 15.2. The topological polar surface area (TPSA) is 30.7 Å². The summed E-state index contributed by atoms with van der Waals surface area (Å²) in [6.07, 6.45) is 4.94. The van der Waals surface area contributed by atoms with Gasteiger partial charge in [-0.3, -0.25) is 4.79 Å². The molecule has 1 fully saturated rings. The van der Waals surface area contributed by atoms with E-state index >= 15 is 0 Å². The highest BCUT2D eigenvalue weighted by molar-refractivity contribution is 7.98. The number of hydrogen-bond donors (Lipinski definition) is 0. The van der Waals surface area contributed by atoms with Crippen molar-refractivity contribution in [2.24, 2.45) is 5.92 Å². The quantitative estimate of drug-likeness (QED) is 0.441. The minimum absolute atomic E-state index is 0.0745. The highest BCUT2D eigenvalue weighted by atomic mass is 32.2. The van der Waals surface area contributed by atoms with Gasteiger partial charge in [0.05, 0.1) is 5.92 Å². The Bertz CT molecular complexity index is 587. The lowest BCUT2D eigenvalue weighted by Crippen LogP contribution is -2.35. The zero-order valence-electron chi connectivity index (χ0n) is 14.4. The lowest BCUT2D eigenvalue weighted by atomic mass is 9.73. The van der Waals surface area contributed by atoms with Gasteiger partial charge in [-0.05, 0) is 64.1 Å². The predicted octanol–water partition coefficient (Wildman–Crippen LogP) is 5.05. The molecule has 23 heavy (non-hydrogen) atoms. The summed E-state index contributed by atoms with van der Waals surface area (Å²) in [7, 11) is 0. The third-order valence-electron chi connectivity index (χ3n) is 4.39. The maximum atomic E-state index is 12.2. The van der Waals surface area contributed by atoms with Crippen LogP contribution in [0.3, 0.4) is 0 Å². The van der Waals surface area contributed by atoms with E-state index in [4.69, 9.17) is 11.3 Å². The SMILES string of the molecule is [C-]#[N+]C1(c2ccc(SC)cc2)CCC(C(=O)OC(C)(C)C)CC1. The summed E-state index contributed by atoms with van der Waals surface area (Å²) < 4.78 is 5.50.